The van der Waals surface area contributed by atoms with E-state index in [2.05, 4.69) is 34.1 Å². The maximum Gasteiger partial charge on any atom is 0.307 e. The Labute approximate surface area is 181 Å². The van der Waals surface area contributed by atoms with Crippen molar-refractivity contribution in [3.8, 4) is 16.2 Å². The zero-order chi connectivity index (χ0) is 20.8. The van der Waals surface area contributed by atoms with Crippen LogP contribution in [-0.2, 0) is 11.2 Å². The van der Waals surface area contributed by atoms with Crippen molar-refractivity contribution < 1.29 is 14.6 Å². The number of hydrogen-bond acceptors (Lipinski definition) is 5. The standard InChI is InChI=1S/C24H26N2O3S/c27-23(28)16-19-5-4-8-21(15-19)29-14-11-18-9-12-26(13-10-18)24-25-17-22(30-24)20-6-2-1-3-7-20/h1-8,15,17-18H,9-14,16H2,(H,27,28). The van der Waals surface area contributed by atoms with E-state index in [9.17, 15) is 4.79 Å². The SMILES string of the molecule is O=C(O)Cc1cccc(OCCC2CCN(c3ncc(-c4ccccc4)s3)CC2)c1. The monoisotopic (exact) mass is 422 g/mol. The van der Waals surface area contributed by atoms with Crippen LogP contribution in [0.5, 0.6) is 5.75 Å². The van der Waals surface area contributed by atoms with Crippen LogP contribution < -0.4 is 9.64 Å². The molecule has 5 nitrogen and oxygen atoms in total. The molecule has 0 radical (unpaired) electrons. The van der Waals surface area contributed by atoms with Crippen LogP contribution in [0.2, 0.25) is 0 Å². The molecule has 1 N–H and O–H groups in total. The van der Waals surface area contributed by atoms with Gasteiger partial charge in [-0.2, -0.15) is 0 Å². The Kier molecular flexibility index (Phi) is 6.64. The van der Waals surface area contributed by atoms with Gasteiger partial charge in [0.25, 0.3) is 0 Å². The summed E-state index contributed by atoms with van der Waals surface area (Å²) in [5.74, 6) is 0.578. The number of nitrogens with zero attached hydrogens (tertiary/aromatic N) is 2. The summed E-state index contributed by atoms with van der Waals surface area (Å²) in [7, 11) is 0. The van der Waals surface area contributed by atoms with Crippen molar-refractivity contribution in [2.24, 2.45) is 5.92 Å². The van der Waals surface area contributed by atoms with Gasteiger partial charge in [0.05, 0.1) is 17.9 Å². The molecule has 0 bridgehead atoms. The number of piperidine rings is 1. The number of rotatable bonds is 8. The molecule has 1 aromatic heterocycles. The van der Waals surface area contributed by atoms with E-state index in [0.717, 1.165) is 48.8 Å². The molecule has 2 aromatic carbocycles. The van der Waals surface area contributed by atoms with Crippen LogP contribution >= 0.6 is 11.3 Å². The zero-order valence-electron chi connectivity index (χ0n) is 16.9. The second-order valence-corrected chi connectivity index (χ2v) is 8.67. The van der Waals surface area contributed by atoms with E-state index in [0.29, 0.717) is 12.5 Å². The first-order chi connectivity index (χ1) is 14.7. The van der Waals surface area contributed by atoms with Gasteiger partial charge in [-0.1, -0.05) is 53.8 Å². The number of aromatic nitrogens is 1. The number of carboxylic acid groups (broad SMARTS) is 1. The number of thiazole rings is 1. The van der Waals surface area contributed by atoms with Crippen LogP contribution in [-0.4, -0.2) is 35.8 Å². The van der Waals surface area contributed by atoms with Gasteiger partial charge in [0.2, 0.25) is 0 Å². The minimum atomic E-state index is -0.824. The van der Waals surface area contributed by atoms with E-state index < -0.39 is 5.97 Å². The third-order valence-electron chi connectivity index (χ3n) is 5.49. The first-order valence-electron chi connectivity index (χ1n) is 10.4. The van der Waals surface area contributed by atoms with E-state index in [4.69, 9.17) is 9.84 Å². The van der Waals surface area contributed by atoms with Gasteiger partial charge in [-0.05, 0) is 48.4 Å². The summed E-state index contributed by atoms with van der Waals surface area (Å²) >= 11 is 1.76. The molecule has 1 aliphatic rings. The third-order valence-corrected chi connectivity index (χ3v) is 6.59. The minimum Gasteiger partial charge on any atom is -0.494 e. The maximum absolute atomic E-state index is 10.9. The number of benzene rings is 2. The van der Waals surface area contributed by atoms with Crippen molar-refractivity contribution >= 4 is 22.4 Å². The highest BCUT2D eigenvalue weighted by atomic mass is 32.1. The van der Waals surface area contributed by atoms with Crippen LogP contribution in [0.1, 0.15) is 24.8 Å². The fraction of sp³-hybridized carbons (Fsp3) is 0.333. The fourth-order valence-electron chi connectivity index (χ4n) is 3.82. The normalized spacial score (nSPS) is 14.6. The van der Waals surface area contributed by atoms with Crippen LogP contribution in [0.3, 0.4) is 0 Å². The third kappa shape index (κ3) is 5.39. The molecule has 6 heteroatoms. The highest BCUT2D eigenvalue weighted by Crippen LogP contribution is 2.33. The Morgan fingerprint density at radius 2 is 1.93 bits per heavy atom. The van der Waals surface area contributed by atoms with Gasteiger partial charge in [-0.3, -0.25) is 4.79 Å². The van der Waals surface area contributed by atoms with E-state index in [-0.39, 0.29) is 6.42 Å². The summed E-state index contributed by atoms with van der Waals surface area (Å²) in [5.41, 5.74) is 1.99. The zero-order valence-corrected chi connectivity index (χ0v) is 17.7. The molecule has 0 amide bonds. The lowest BCUT2D eigenvalue weighted by Crippen LogP contribution is -2.34. The van der Waals surface area contributed by atoms with E-state index in [1.807, 2.05) is 36.5 Å². The molecule has 0 unspecified atom stereocenters. The van der Waals surface area contributed by atoms with Crippen molar-refractivity contribution in [1.82, 2.24) is 4.98 Å². The van der Waals surface area contributed by atoms with E-state index in [1.165, 1.54) is 10.4 Å². The first kappa shape index (κ1) is 20.4. The Morgan fingerprint density at radius 3 is 2.70 bits per heavy atom. The average Bonchev–Trinajstić information content (AvgIpc) is 3.25. The van der Waals surface area contributed by atoms with Crippen molar-refractivity contribution in [2.75, 3.05) is 24.6 Å². The lowest BCUT2D eigenvalue weighted by atomic mass is 9.94. The molecule has 1 saturated heterocycles. The molecule has 0 aliphatic carbocycles. The summed E-state index contributed by atoms with van der Waals surface area (Å²) in [6.07, 6.45) is 5.31. The Bertz CT molecular complexity index is 965. The minimum absolute atomic E-state index is 0.0262. The number of anilines is 1. The second kappa shape index (κ2) is 9.76. The summed E-state index contributed by atoms with van der Waals surface area (Å²) in [4.78, 5) is 19.1. The van der Waals surface area contributed by atoms with Gasteiger partial charge < -0.3 is 14.7 Å². The van der Waals surface area contributed by atoms with Gasteiger partial charge >= 0.3 is 5.97 Å². The van der Waals surface area contributed by atoms with Crippen LogP contribution in [0, 0.1) is 5.92 Å². The highest BCUT2D eigenvalue weighted by Gasteiger charge is 2.21. The molecule has 0 saturated carbocycles. The van der Waals surface area contributed by atoms with Crippen molar-refractivity contribution in [2.45, 2.75) is 25.7 Å². The van der Waals surface area contributed by atoms with Crippen LogP contribution in [0.25, 0.3) is 10.4 Å². The smallest absolute Gasteiger partial charge is 0.307 e. The lowest BCUT2D eigenvalue weighted by molar-refractivity contribution is -0.136. The Balaban J connectivity index is 1.23. The molecule has 1 fully saturated rings. The van der Waals surface area contributed by atoms with Crippen molar-refractivity contribution in [1.29, 1.82) is 0 Å². The van der Waals surface area contributed by atoms with Gasteiger partial charge in [-0.25, -0.2) is 4.98 Å². The molecular weight excluding hydrogens is 396 g/mol. The van der Waals surface area contributed by atoms with Gasteiger partial charge in [0.1, 0.15) is 5.75 Å². The maximum atomic E-state index is 10.9. The molecule has 0 atom stereocenters. The average molecular weight is 423 g/mol. The van der Waals surface area contributed by atoms with Crippen molar-refractivity contribution in [3.63, 3.8) is 0 Å². The largest absolute Gasteiger partial charge is 0.494 e. The summed E-state index contributed by atoms with van der Waals surface area (Å²) in [6, 6.07) is 17.8. The molecule has 0 spiro atoms. The molecule has 3 aromatic rings. The summed E-state index contributed by atoms with van der Waals surface area (Å²) in [5, 5.41) is 10.0. The van der Waals surface area contributed by atoms with Gasteiger partial charge in [0.15, 0.2) is 5.13 Å². The number of carbonyl (C=O) groups is 1. The quantitative estimate of drug-likeness (QED) is 0.546. The second-order valence-electron chi connectivity index (χ2n) is 7.66. The predicted octanol–water partition coefficient (Wildman–Crippen LogP) is 5.12. The number of hydrogen-bond donors (Lipinski definition) is 1. The van der Waals surface area contributed by atoms with Gasteiger partial charge in [-0.15, -0.1) is 0 Å². The number of ether oxygens (including phenoxy) is 1. The van der Waals surface area contributed by atoms with Crippen LogP contribution in [0.4, 0.5) is 5.13 Å². The molecule has 1 aliphatic heterocycles. The lowest BCUT2D eigenvalue weighted by Gasteiger charge is -2.31. The Morgan fingerprint density at radius 1 is 1.13 bits per heavy atom. The van der Waals surface area contributed by atoms with Crippen LogP contribution in [0.15, 0.2) is 60.8 Å². The number of carboxylic acids is 1. The topological polar surface area (TPSA) is 62.7 Å². The highest BCUT2D eigenvalue weighted by molar-refractivity contribution is 7.18. The molecule has 2 heterocycles. The van der Waals surface area contributed by atoms with E-state index >= 15 is 0 Å². The molecule has 30 heavy (non-hydrogen) atoms. The molecule has 156 valence electrons. The van der Waals surface area contributed by atoms with Gasteiger partial charge in [0, 0.05) is 19.3 Å². The van der Waals surface area contributed by atoms with Crippen molar-refractivity contribution in [3.05, 3.63) is 66.4 Å². The fourth-order valence-corrected chi connectivity index (χ4v) is 4.80. The summed E-state index contributed by atoms with van der Waals surface area (Å²) in [6.45, 7) is 2.72. The molecule has 4 rings (SSSR count). The summed E-state index contributed by atoms with van der Waals surface area (Å²) < 4.78 is 5.88. The number of aliphatic carboxylic acids is 1. The van der Waals surface area contributed by atoms with E-state index in [1.54, 1.807) is 11.3 Å². The first-order valence-corrected chi connectivity index (χ1v) is 11.2. The Hall–Kier alpha value is -2.86. The molecular formula is C24H26N2O3S. The predicted molar refractivity (Wildman–Crippen MR) is 120 cm³/mol.